The Kier molecular flexibility index (Phi) is 3.39. The summed E-state index contributed by atoms with van der Waals surface area (Å²) < 4.78 is 1.60. The fourth-order valence-electron chi connectivity index (χ4n) is 2.83. The molecule has 0 bridgehead atoms. The highest BCUT2D eigenvalue weighted by Gasteiger charge is 2.30. The molecule has 0 amide bonds. The molecule has 3 rings (SSSR count). The summed E-state index contributed by atoms with van der Waals surface area (Å²) >= 11 is 0. The number of nitrogens with one attached hydrogen (secondary N) is 2. The van der Waals surface area contributed by atoms with Crippen LogP contribution in [0.4, 0.5) is 0 Å². The van der Waals surface area contributed by atoms with Crippen LogP contribution in [0.5, 0.6) is 0 Å². The number of nitrogens with zero attached hydrogens (tertiary/aromatic N) is 1. The third kappa shape index (κ3) is 2.50. The highest BCUT2D eigenvalue weighted by molar-refractivity contribution is 5.70. The monoisotopic (exact) mass is 287 g/mol. The largest absolute Gasteiger partial charge is 0.481 e. The molecule has 0 saturated carbocycles. The zero-order valence-electron chi connectivity index (χ0n) is 11.7. The molecular weight excluding hydrogens is 270 g/mol. The van der Waals surface area contributed by atoms with Crippen LogP contribution in [0.1, 0.15) is 23.7 Å². The van der Waals surface area contributed by atoms with Gasteiger partial charge in [0, 0.05) is 24.5 Å². The molecule has 6 nitrogen and oxygen atoms in total. The van der Waals surface area contributed by atoms with E-state index in [-0.39, 0.29) is 17.6 Å². The lowest BCUT2D eigenvalue weighted by Gasteiger charge is -2.13. The molecule has 2 aromatic rings. The Hall–Kier alpha value is -2.34. The highest BCUT2D eigenvalue weighted by atomic mass is 16.4. The van der Waals surface area contributed by atoms with Crippen molar-refractivity contribution >= 4 is 5.97 Å². The number of carboxylic acids is 1. The average molecular weight is 287 g/mol. The second-order valence-electron chi connectivity index (χ2n) is 5.40. The Bertz CT molecular complexity index is 732. The number of aromatic nitrogens is 2. The van der Waals surface area contributed by atoms with E-state index in [1.54, 1.807) is 10.8 Å². The van der Waals surface area contributed by atoms with Crippen LogP contribution in [0.15, 0.2) is 35.3 Å². The number of carboxylic acid groups (broad SMARTS) is 1. The lowest BCUT2D eigenvalue weighted by atomic mass is 10.00. The van der Waals surface area contributed by atoms with Gasteiger partial charge in [0.2, 0.25) is 0 Å². The smallest absolute Gasteiger partial charge is 0.330 e. The minimum absolute atomic E-state index is 0.0148. The second-order valence-corrected chi connectivity index (χ2v) is 5.40. The summed E-state index contributed by atoms with van der Waals surface area (Å²) in [7, 11) is 0. The molecule has 1 aromatic carbocycles. The number of aliphatic carboxylic acids is 1. The Labute approximate surface area is 121 Å². The molecule has 3 N–H and O–H groups in total. The predicted molar refractivity (Wildman–Crippen MR) is 77.6 cm³/mol. The molecule has 6 heteroatoms. The second kappa shape index (κ2) is 5.21. The van der Waals surface area contributed by atoms with Crippen molar-refractivity contribution in [3.8, 4) is 5.69 Å². The van der Waals surface area contributed by atoms with Crippen molar-refractivity contribution in [1.82, 2.24) is 14.9 Å². The summed E-state index contributed by atoms with van der Waals surface area (Å²) in [4.78, 5) is 25.5. The van der Waals surface area contributed by atoms with Crippen LogP contribution in [0, 0.1) is 12.8 Å². The Balaban J connectivity index is 1.91. The molecule has 110 valence electrons. The first-order valence-electron chi connectivity index (χ1n) is 6.90. The highest BCUT2D eigenvalue weighted by Crippen LogP contribution is 2.28. The van der Waals surface area contributed by atoms with Crippen LogP contribution in [0.3, 0.4) is 0 Å². The Morgan fingerprint density at radius 1 is 1.43 bits per heavy atom. The fourth-order valence-corrected chi connectivity index (χ4v) is 2.83. The van der Waals surface area contributed by atoms with E-state index < -0.39 is 5.97 Å². The lowest BCUT2D eigenvalue weighted by molar-refractivity contribution is -0.141. The maximum atomic E-state index is 11.8. The molecule has 1 saturated heterocycles. The summed E-state index contributed by atoms with van der Waals surface area (Å²) in [6.07, 6.45) is 2.24. The number of hydrogen-bond acceptors (Lipinski definition) is 3. The van der Waals surface area contributed by atoms with Gasteiger partial charge >= 0.3 is 11.7 Å². The summed E-state index contributed by atoms with van der Waals surface area (Å²) in [5.74, 6) is -1.12. The van der Waals surface area contributed by atoms with E-state index in [0.29, 0.717) is 13.0 Å². The van der Waals surface area contributed by atoms with Crippen molar-refractivity contribution in [2.24, 2.45) is 5.92 Å². The molecule has 1 aliphatic rings. The fraction of sp³-hybridized carbons (Fsp3) is 0.333. The van der Waals surface area contributed by atoms with E-state index in [1.165, 1.54) is 0 Å². The van der Waals surface area contributed by atoms with E-state index in [0.717, 1.165) is 16.9 Å². The molecule has 1 aromatic heterocycles. The molecular formula is C15H17N3O3. The molecule has 0 radical (unpaired) electrons. The van der Waals surface area contributed by atoms with Gasteiger partial charge in [0.05, 0.1) is 11.6 Å². The quantitative estimate of drug-likeness (QED) is 0.792. The zero-order valence-corrected chi connectivity index (χ0v) is 11.7. The van der Waals surface area contributed by atoms with Crippen LogP contribution in [-0.2, 0) is 4.79 Å². The first-order valence-corrected chi connectivity index (χ1v) is 6.90. The number of aromatic amines is 1. The van der Waals surface area contributed by atoms with Gasteiger partial charge < -0.3 is 15.4 Å². The van der Waals surface area contributed by atoms with Gasteiger partial charge in [0.1, 0.15) is 0 Å². The van der Waals surface area contributed by atoms with E-state index in [4.69, 9.17) is 5.11 Å². The first kappa shape index (κ1) is 13.6. The molecule has 2 atom stereocenters. The molecule has 1 aliphatic heterocycles. The van der Waals surface area contributed by atoms with Crippen molar-refractivity contribution in [3.63, 3.8) is 0 Å². The zero-order chi connectivity index (χ0) is 15.0. The van der Waals surface area contributed by atoms with Gasteiger partial charge in [-0.3, -0.25) is 9.36 Å². The van der Waals surface area contributed by atoms with Crippen molar-refractivity contribution in [2.45, 2.75) is 19.4 Å². The minimum Gasteiger partial charge on any atom is -0.481 e. The van der Waals surface area contributed by atoms with Crippen LogP contribution in [-0.4, -0.2) is 27.2 Å². The topological polar surface area (TPSA) is 87.1 Å². The van der Waals surface area contributed by atoms with E-state index in [2.05, 4.69) is 10.3 Å². The number of carbonyl (C=O) groups is 1. The number of rotatable bonds is 3. The van der Waals surface area contributed by atoms with Gasteiger partial charge in [-0.1, -0.05) is 12.1 Å². The van der Waals surface area contributed by atoms with Gasteiger partial charge in [0.25, 0.3) is 0 Å². The van der Waals surface area contributed by atoms with Crippen molar-refractivity contribution in [2.75, 3.05) is 6.54 Å². The number of aryl methyl sites for hydroxylation is 1. The number of hydrogen-bond donors (Lipinski definition) is 3. The predicted octanol–water partition coefficient (Wildman–Crippen LogP) is 1.21. The van der Waals surface area contributed by atoms with Crippen molar-refractivity contribution in [1.29, 1.82) is 0 Å². The van der Waals surface area contributed by atoms with Crippen LogP contribution in [0.25, 0.3) is 5.69 Å². The van der Waals surface area contributed by atoms with Gasteiger partial charge in [-0.05, 0) is 31.0 Å². The molecule has 21 heavy (non-hydrogen) atoms. The SMILES string of the molecule is Cc1c[nH]c(=O)n1-c1cccc(C2CC(C(=O)O)CN2)c1. The van der Waals surface area contributed by atoms with E-state index >= 15 is 0 Å². The number of benzene rings is 1. The third-order valence-corrected chi connectivity index (χ3v) is 3.97. The summed E-state index contributed by atoms with van der Waals surface area (Å²) in [5.41, 5.74) is 2.45. The summed E-state index contributed by atoms with van der Waals surface area (Å²) in [5, 5.41) is 12.3. The summed E-state index contributed by atoms with van der Waals surface area (Å²) in [6, 6.07) is 7.66. The Morgan fingerprint density at radius 3 is 2.86 bits per heavy atom. The van der Waals surface area contributed by atoms with Gasteiger partial charge in [0.15, 0.2) is 0 Å². The molecule has 2 heterocycles. The molecule has 0 aliphatic carbocycles. The van der Waals surface area contributed by atoms with E-state index in [1.807, 2.05) is 31.2 Å². The first-order chi connectivity index (χ1) is 10.1. The van der Waals surface area contributed by atoms with Crippen LogP contribution >= 0.6 is 0 Å². The number of H-pyrrole nitrogens is 1. The van der Waals surface area contributed by atoms with Crippen molar-refractivity contribution in [3.05, 3.63) is 52.2 Å². The standard InChI is InChI=1S/C15H17N3O3/c1-9-7-17-15(21)18(9)12-4-2-3-10(5-12)13-6-11(8-16-13)14(19)20/h2-5,7,11,13,16H,6,8H2,1H3,(H,17,21)(H,19,20). The van der Waals surface area contributed by atoms with E-state index in [9.17, 15) is 9.59 Å². The molecule has 2 unspecified atom stereocenters. The molecule has 1 fully saturated rings. The van der Waals surface area contributed by atoms with Crippen molar-refractivity contribution < 1.29 is 9.90 Å². The Morgan fingerprint density at radius 2 is 2.24 bits per heavy atom. The van der Waals surface area contributed by atoms with Gasteiger partial charge in [-0.2, -0.15) is 0 Å². The maximum Gasteiger partial charge on any atom is 0.330 e. The van der Waals surface area contributed by atoms with Crippen LogP contribution < -0.4 is 11.0 Å². The average Bonchev–Trinajstić information content (AvgIpc) is 3.07. The maximum absolute atomic E-state index is 11.8. The van der Waals surface area contributed by atoms with Crippen LogP contribution in [0.2, 0.25) is 0 Å². The molecule has 0 spiro atoms. The minimum atomic E-state index is -0.765. The van der Waals surface area contributed by atoms with Gasteiger partial charge in [-0.25, -0.2) is 4.79 Å². The number of imidazole rings is 1. The third-order valence-electron chi connectivity index (χ3n) is 3.97. The van der Waals surface area contributed by atoms with Gasteiger partial charge in [-0.15, -0.1) is 0 Å². The normalized spacial score (nSPS) is 21.6. The summed E-state index contributed by atoms with van der Waals surface area (Å²) in [6.45, 7) is 2.34. The lowest BCUT2D eigenvalue weighted by Crippen LogP contribution is -2.18.